The predicted molar refractivity (Wildman–Crippen MR) is 94.0 cm³/mol. The van der Waals surface area contributed by atoms with Gasteiger partial charge in [0.15, 0.2) is 11.5 Å². The van der Waals surface area contributed by atoms with E-state index in [0.717, 1.165) is 5.82 Å². The summed E-state index contributed by atoms with van der Waals surface area (Å²) in [6.07, 6.45) is 1.57. The Labute approximate surface area is 148 Å². The topological polar surface area (TPSA) is 87.6 Å². The lowest BCUT2D eigenvalue weighted by atomic mass is 10.1. The van der Waals surface area contributed by atoms with Crippen LogP contribution in [0.2, 0.25) is 5.02 Å². The Morgan fingerprint density at radius 3 is 2.64 bits per heavy atom. The highest BCUT2D eigenvalue weighted by atomic mass is 35.5. The molecular formula is C17H15ClFN5O. The predicted octanol–water partition coefficient (Wildman–Crippen LogP) is 3.63. The number of hydrogen-bond acceptors (Lipinski definition) is 5. The van der Waals surface area contributed by atoms with Crippen molar-refractivity contribution < 1.29 is 9.13 Å². The molecule has 3 aromatic rings. The van der Waals surface area contributed by atoms with Gasteiger partial charge in [-0.1, -0.05) is 23.7 Å². The van der Waals surface area contributed by atoms with Gasteiger partial charge < -0.3 is 9.30 Å². The third kappa shape index (κ3) is 3.36. The molecule has 0 atom stereocenters. The van der Waals surface area contributed by atoms with E-state index in [2.05, 4.69) is 9.97 Å². The highest BCUT2D eigenvalue weighted by molar-refractivity contribution is 6.38. The number of halogens is 2. The largest absolute Gasteiger partial charge is 0.425 e. The van der Waals surface area contributed by atoms with Crippen LogP contribution in [0.5, 0.6) is 0 Å². The Kier molecular flexibility index (Phi) is 4.50. The Morgan fingerprint density at radius 2 is 1.96 bits per heavy atom. The first-order valence-corrected chi connectivity index (χ1v) is 7.80. The molecule has 0 aliphatic heterocycles. The van der Waals surface area contributed by atoms with E-state index in [1.54, 1.807) is 16.7 Å². The van der Waals surface area contributed by atoms with Crippen LogP contribution in [0, 0.1) is 23.6 Å². The Hall–Kier alpha value is -2.80. The second-order valence-corrected chi connectivity index (χ2v) is 5.91. The molecule has 6 nitrogen and oxygen atoms in total. The van der Waals surface area contributed by atoms with Gasteiger partial charge in [-0.05, 0) is 24.6 Å². The number of aromatic nitrogens is 3. The number of aryl methyl sites for hydroxylation is 2. The third-order valence-electron chi connectivity index (χ3n) is 3.80. The summed E-state index contributed by atoms with van der Waals surface area (Å²) in [6, 6.07) is 5.75. The number of pyridine rings is 1. The molecule has 25 heavy (non-hydrogen) atoms. The van der Waals surface area contributed by atoms with Gasteiger partial charge in [-0.15, -0.1) is 0 Å². The maximum absolute atomic E-state index is 12.9. The van der Waals surface area contributed by atoms with Crippen LogP contribution < -0.4 is 0 Å². The van der Waals surface area contributed by atoms with Crippen LogP contribution in [0.25, 0.3) is 11.2 Å². The highest BCUT2D eigenvalue weighted by Crippen LogP contribution is 2.26. The quantitative estimate of drug-likeness (QED) is 0.553. The number of imidazole rings is 1. The van der Waals surface area contributed by atoms with Crippen molar-refractivity contribution in [2.75, 3.05) is 0 Å². The van der Waals surface area contributed by atoms with Gasteiger partial charge in [-0.3, -0.25) is 10.8 Å². The molecule has 8 heteroatoms. The van der Waals surface area contributed by atoms with Crippen molar-refractivity contribution in [1.29, 1.82) is 10.8 Å². The number of nitrogens with zero attached hydrogens (tertiary/aromatic N) is 3. The Morgan fingerprint density at radius 1 is 1.28 bits per heavy atom. The van der Waals surface area contributed by atoms with E-state index in [-0.39, 0.29) is 34.6 Å². The molecule has 0 unspecified atom stereocenters. The van der Waals surface area contributed by atoms with E-state index in [9.17, 15) is 4.39 Å². The van der Waals surface area contributed by atoms with Crippen molar-refractivity contribution in [3.63, 3.8) is 0 Å². The molecule has 0 bridgehead atoms. The molecular weight excluding hydrogens is 345 g/mol. The summed E-state index contributed by atoms with van der Waals surface area (Å²) in [5.41, 5.74) is 2.06. The zero-order valence-corrected chi connectivity index (χ0v) is 14.4. The number of fused-ring (bicyclic) bond motifs is 1. The number of nitrogens with one attached hydrogen (secondary N) is 2. The van der Waals surface area contributed by atoms with Gasteiger partial charge in [-0.25, -0.2) is 14.4 Å². The summed E-state index contributed by atoms with van der Waals surface area (Å²) in [4.78, 5) is 8.60. The maximum Gasteiger partial charge on any atom is 0.224 e. The number of ether oxygens (including phenoxy) is 1. The smallest absolute Gasteiger partial charge is 0.224 e. The first kappa shape index (κ1) is 17.0. The zero-order chi connectivity index (χ0) is 18.1. The molecule has 0 spiro atoms. The molecule has 0 aliphatic carbocycles. The van der Waals surface area contributed by atoms with Gasteiger partial charge in [0.1, 0.15) is 17.2 Å². The fraction of sp³-hybridized carbons (Fsp3) is 0.176. The van der Waals surface area contributed by atoms with E-state index in [1.807, 2.05) is 14.0 Å². The van der Waals surface area contributed by atoms with E-state index < -0.39 is 0 Å². The van der Waals surface area contributed by atoms with Crippen LogP contribution in [-0.2, 0) is 18.2 Å². The van der Waals surface area contributed by atoms with Gasteiger partial charge in [0.05, 0.1) is 10.6 Å². The standard InChI is InChI=1S/C17H15ClFN5O/c1-9-23-15-14(18)12(8-22-17(15)24(9)2)16(21)25-13(20)7-10-3-5-11(19)6-4-10/h3-6,8,20-21H,7H2,1-2H3. The van der Waals surface area contributed by atoms with E-state index >= 15 is 0 Å². The van der Waals surface area contributed by atoms with Crippen molar-refractivity contribution in [1.82, 2.24) is 14.5 Å². The Balaban J connectivity index is 1.79. The summed E-state index contributed by atoms with van der Waals surface area (Å²) in [5, 5.41) is 16.2. The third-order valence-corrected chi connectivity index (χ3v) is 4.18. The van der Waals surface area contributed by atoms with Crippen LogP contribution in [0.1, 0.15) is 17.0 Å². The highest BCUT2D eigenvalue weighted by Gasteiger charge is 2.18. The second-order valence-electron chi connectivity index (χ2n) is 5.53. The normalized spacial score (nSPS) is 10.9. The van der Waals surface area contributed by atoms with Gasteiger partial charge in [0, 0.05) is 19.7 Å². The zero-order valence-electron chi connectivity index (χ0n) is 13.6. The van der Waals surface area contributed by atoms with Gasteiger partial charge in [0.25, 0.3) is 0 Å². The van der Waals surface area contributed by atoms with E-state index in [1.165, 1.54) is 18.3 Å². The molecule has 0 saturated carbocycles. The molecule has 0 radical (unpaired) electrons. The minimum Gasteiger partial charge on any atom is -0.425 e. The minimum absolute atomic E-state index is 0.138. The number of hydrogen-bond donors (Lipinski definition) is 2. The summed E-state index contributed by atoms with van der Waals surface area (Å²) >= 11 is 6.33. The number of rotatable bonds is 3. The first-order chi connectivity index (χ1) is 11.9. The molecule has 0 amide bonds. The monoisotopic (exact) mass is 359 g/mol. The van der Waals surface area contributed by atoms with Crippen molar-refractivity contribution in [2.24, 2.45) is 7.05 Å². The molecule has 3 rings (SSSR count). The van der Waals surface area contributed by atoms with Crippen molar-refractivity contribution in [2.45, 2.75) is 13.3 Å². The lowest BCUT2D eigenvalue weighted by Gasteiger charge is -2.09. The van der Waals surface area contributed by atoms with Gasteiger partial charge >= 0.3 is 0 Å². The molecule has 2 N–H and O–H groups in total. The summed E-state index contributed by atoms with van der Waals surface area (Å²) in [6.45, 7) is 1.83. The fourth-order valence-electron chi connectivity index (χ4n) is 2.36. The number of benzene rings is 1. The lowest BCUT2D eigenvalue weighted by Crippen LogP contribution is -2.15. The van der Waals surface area contributed by atoms with Crippen LogP contribution in [0.4, 0.5) is 4.39 Å². The average Bonchev–Trinajstić information content (AvgIpc) is 2.86. The fourth-order valence-corrected chi connectivity index (χ4v) is 2.63. The molecule has 2 heterocycles. The molecule has 128 valence electrons. The molecule has 0 aliphatic rings. The van der Waals surface area contributed by atoms with Crippen molar-refractivity contribution >= 4 is 34.6 Å². The second kappa shape index (κ2) is 6.60. The first-order valence-electron chi connectivity index (χ1n) is 7.43. The van der Waals surface area contributed by atoms with Crippen LogP contribution >= 0.6 is 11.6 Å². The average molecular weight is 360 g/mol. The van der Waals surface area contributed by atoms with Crippen LogP contribution in [-0.4, -0.2) is 26.3 Å². The van der Waals surface area contributed by atoms with Crippen molar-refractivity contribution in [3.05, 3.63) is 58.3 Å². The van der Waals surface area contributed by atoms with Crippen molar-refractivity contribution in [3.8, 4) is 0 Å². The van der Waals surface area contributed by atoms with Crippen LogP contribution in [0.15, 0.2) is 30.5 Å². The van der Waals surface area contributed by atoms with Gasteiger partial charge in [-0.2, -0.15) is 0 Å². The molecule has 1 aromatic carbocycles. The van der Waals surface area contributed by atoms with Crippen LogP contribution in [0.3, 0.4) is 0 Å². The SMILES string of the molecule is Cc1nc2c(Cl)c(C(=N)OC(=N)Cc3ccc(F)cc3)cnc2n1C. The van der Waals surface area contributed by atoms with Gasteiger partial charge in [0.2, 0.25) is 5.90 Å². The molecule has 0 saturated heterocycles. The van der Waals surface area contributed by atoms with E-state index in [4.69, 9.17) is 27.2 Å². The van der Waals surface area contributed by atoms with E-state index in [0.29, 0.717) is 16.7 Å². The summed E-state index contributed by atoms with van der Waals surface area (Å²) < 4.78 is 20.0. The minimum atomic E-state index is -0.347. The Bertz CT molecular complexity index is 981. The summed E-state index contributed by atoms with van der Waals surface area (Å²) in [7, 11) is 1.83. The maximum atomic E-state index is 12.9. The molecule has 2 aromatic heterocycles. The summed E-state index contributed by atoms with van der Waals surface area (Å²) in [5.74, 6) is -0.0291. The molecule has 0 fully saturated rings. The lowest BCUT2D eigenvalue weighted by molar-refractivity contribution is 0.523.